The van der Waals surface area contributed by atoms with Gasteiger partial charge in [0.15, 0.2) is 0 Å². The van der Waals surface area contributed by atoms with Gasteiger partial charge < -0.3 is 5.11 Å². The van der Waals surface area contributed by atoms with Crippen LogP contribution in [0.5, 0.6) is 0 Å². The molecule has 11 heavy (non-hydrogen) atoms. The third-order valence-electron chi connectivity index (χ3n) is 1.82. The van der Waals surface area contributed by atoms with E-state index in [1.54, 1.807) is 0 Å². The van der Waals surface area contributed by atoms with Crippen molar-refractivity contribution in [2.75, 3.05) is 0 Å². The van der Waals surface area contributed by atoms with Crippen LogP contribution in [0.25, 0.3) is 0 Å². The molecule has 0 heterocycles. The second kappa shape index (κ2) is 5.74. The Hall–Kier alpha value is 0.132. The Morgan fingerprint density at radius 2 is 2.09 bits per heavy atom. The van der Waals surface area contributed by atoms with Gasteiger partial charge in [-0.25, -0.2) is 4.79 Å². The SMILES string of the molecule is O=C(O)C1=CCCCCC1.[Cd]. The van der Waals surface area contributed by atoms with Gasteiger partial charge in [0, 0.05) is 32.9 Å². The number of hydrogen-bond acceptors (Lipinski definition) is 1. The minimum Gasteiger partial charge on any atom is -0.478 e. The van der Waals surface area contributed by atoms with Crippen LogP contribution < -0.4 is 0 Å². The van der Waals surface area contributed by atoms with Crippen LogP contribution in [0.15, 0.2) is 11.6 Å². The number of carboxylic acid groups (broad SMARTS) is 1. The molecule has 0 aromatic carbocycles. The molecular formula is C8H12CdO2. The first-order valence-electron chi connectivity index (χ1n) is 3.73. The molecule has 3 heteroatoms. The predicted octanol–water partition coefficient (Wildman–Crippen LogP) is 1.96. The molecule has 0 aromatic rings. The maximum atomic E-state index is 10.4. The Bertz CT molecular complexity index is 163. The summed E-state index contributed by atoms with van der Waals surface area (Å²) in [7, 11) is 0. The van der Waals surface area contributed by atoms with Gasteiger partial charge in [-0.3, -0.25) is 0 Å². The maximum absolute atomic E-state index is 10.4. The average molecular weight is 253 g/mol. The first kappa shape index (κ1) is 11.1. The van der Waals surface area contributed by atoms with Crippen molar-refractivity contribution in [3.63, 3.8) is 0 Å². The summed E-state index contributed by atoms with van der Waals surface area (Å²) < 4.78 is 0. The van der Waals surface area contributed by atoms with E-state index in [0.29, 0.717) is 5.57 Å². The van der Waals surface area contributed by atoms with Gasteiger partial charge in [0.25, 0.3) is 0 Å². The van der Waals surface area contributed by atoms with Crippen LogP contribution in [-0.2, 0) is 32.1 Å². The Morgan fingerprint density at radius 3 is 2.73 bits per heavy atom. The zero-order valence-corrected chi connectivity index (χ0v) is 10.7. The van der Waals surface area contributed by atoms with E-state index in [0.717, 1.165) is 25.7 Å². The molecule has 0 atom stereocenters. The summed E-state index contributed by atoms with van der Waals surface area (Å²) in [6.07, 6.45) is 6.93. The Kier molecular flexibility index (Phi) is 5.81. The number of aliphatic carboxylic acids is 1. The first-order chi connectivity index (χ1) is 4.80. The molecule has 1 aliphatic carbocycles. The molecule has 0 bridgehead atoms. The topological polar surface area (TPSA) is 37.3 Å². The number of carboxylic acids is 1. The van der Waals surface area contributed by atoms with E-state index in [-0.39, 0.29) is 27.3 Å². The van der Waals surface area contributed by atoms with E-state index in [1.165, 1.54) is 6.42 Å². The Labute approximate surface area is 86.8 Å². The second-order valence-electron chi connectivity index (χ2n) is 2.63. The fraction of sp³-hybridized carbons (Fsp3) is 0.625. The summed E-state index contributed by atoms with van der Waals surface area (Å²) in [6, 6.07) is 0. The largest absolute Gasteiger partial charge is 0.478 e. The number of carbonyl (C=O) groups is 1. The van der Waals surface area contributed by atoms with Crippen molar-refractivity contribution in [3.8, 4) is 0 Å². The van der Waals surface area contributed by atoms with Crippen LogP contribution >= 0.6 is 0 Å². The van der Waals surface area contributed by atoms with Crippen molar-refractivity contribution in [1.29, 1.82) is 0 Å². The molecule has 0 fully saturated rings. The molecule has 0 saturated carbocycles. The van der Waals surface area contributed by atoms with E-state index in [2.05, 4.69) is 0 Å². The van der Waals surface area contributed by atoms with Gasteiger partial charge in [0.2, 0.25) is 0 Å². The molecule has 1 N–H and O–H groups in total. The summed E-state index contributed by atoms with van der Waals surface area (Å²) in [5, 5.41) is 8.59. The molecule has 1 aliphatic rings. The van der Waals surface area contributed by atoms with Gasteiger partial charge in [-0.15, -0.1) is 0 Å². The fourth-order valence-electron chi connectivity index (χ4n) is 1.21. The summed E-state index contributed by atoms with van der Waals surface area (Å²) in [5.74, 6) is -0.734. The van der Waals surface area contributed by atoms with Crippen LogP contribution in [-0.4, -0.2) is 11.1 Å². The number of allylic oxidation sites excluding steroid dienone is 1. The second-order valence-corrected chi connectivity index (χ2v) is 2.63. The van der Waals surface area contributed by atoms with E-state index < -0.39 is 5.97 Å². The molecule has 0 unspecified atom stereocenters. The molecule has 58 valence electrons. The molecule has 0 spiro atoms. The summed E-state index contributed by atoms with van der Waals surface area (Å²) in [6.45, 7) is 0. The van der Waals surface area contributed by atoms with Crippen molar-refractivity contribution < 1.29 is 37.2 Å². The average Bonchev–Trinajstić information content (AvgIpc) is 2.12. The number of rotatable bonds is 1. The van der Waals surface area contributed by atoms with Gasteiger partial charge in [0.1, 0.15) is 0 Å². The first-order valence-corrected chi connectivity index (χ1v) is 3.73. The maximum Gasteiger partial charge on any atom is 0.331 e. The van der Waals surface area contributed by atoms with Crippen molar-refractivity contribution in [2.24, 2.45) is 0 Å². The number of hydrogen-bond donors (Lipinski definition) is 1. The van der Waals surface area contributed by atoms with E-state index in [9.17, 15) is 4.79 Å². The van der Waals surface area contributed by atoms with Crippen LogP contribution in [0, 0.1) is 0 Å². The summed E-state index contributed by atoms with van der Waals surface area (Å²) in [5.41, 5.74) is 0.609. The monoisotopic (exact) mass is 254 g/mol. The minimum absolute atomic E-state index is 0. The molecule has 0 aliphatic heterocycles. The van der Waals surface area contributed by atoms with Gasteiger partial charge >= 0.3 is 5.97 Å². The summed E-state index contributed by atoms with van der Waals surface area (Å²) in [4.78, 5) is 10.4. The van der Waals surface area contributed by atoms with Crippen LogP contribution in [0.3, 0.4) is 0 Å². The van der Waals surface area contributed by atoms with Gasteiger partial charge in [-0.1, -0.05) is 12.5 Å². The van der Waals surface area contributed by atoms with Crippen molar-refractivity contribution in [1.82, 2.24) is 0 Å². The molecule has 2 nitrogen and oxygen atoms in total. The third kappa shape index (κ3) is 3.89. The van der Waals surface area contributed by atoms with E-state index >= 15 is 0 Å². The standard InChI is InChI=1S/C8H12O2.Cd/c9-8(10)7-5-3-1-2-4-6-7;/h5H,1-4,6H2,(H,9,10);. The zero-order chi connectivity index (χ0) is 7.40. The van der Waals surface area contributed by atoms with Crippen LogP contribution in [0.1, 0.15) is 32.1 Å². The van der Waals surface area contributed by atoms with Gasteiger partial charge in [-0.2, -0.15) is 0 Å². The fourth-order valence-corrected chi connectivity index (χ4v) is 1.21. The predicted molar refractivity (Wildman–Crippen MR) is 38.8 cm³/mol. The molecular weight excluding hydrogens is 240 g/mol. The normalized spacial score (nSPS) is 17.6. The van der Waals surface area contributed by atoms with Crippen LogP contribution in [0.2, 0.25) is 0 Å². The molecule has 0 radical (unpaired) electrons. The van der Waals surface area contributed by atoms with Crippen molar-refractivity contribution >= 4 is 5.97 Å². The zero-order valence-electron chi connectivity index (χ0n) is 6.68. The van der Waals surface area contributed by atoms with E-state index in [1.807, 2.05) is 6.08 Å². The molecule has 0 aromatic heterocycles. The summed E-state index contributed by atoms with van der Waals surface area (Å²) >= 11 is 0. The molecule has 0 saturated heterocycles. The Balaban J connectivity index is 0.000001000. The molecule has 0 amide bonds. The van der Waals surface area contributed by atoms with Gasteiger partial charge in [0.05, 0.1) is 0 Å². The Morgan fingerprint density at radius 1 is 1.36 bits per heavy atom. The van der Waals surface area contributed by atoms with Crippen LogP contribution in [0.4, 0.5) is 0 Å². The minimum atomic E-state index is -0.734. The van der Waals surface area contributed by atoms with Gasteiger partial charge in [-0.05, 0) is 25.7 Å². The van der Waals surface area contributed by atoms with E-state index in [4.69, 9.17) is 5.11 Å². The van der Waals surface area contributed by atoms with Crippen molar-refractivity contribution in [3.05, 3.63) is 11.6 Å². The van der Waals surface area contributed by atoms with Crippen molar-refractivity contribution in [2.45, 2.75) is 32.1 Å². The molecule has 1 rings (SSSR count). The smallest absolute Gasteiger partial charge is 0.331 e. The quantitative estimate of drug-likeness (QED) is 0.725. The third-order valence-corrected chi connectivity index (χ3v) is 1.82.